The number of nitrogens with one attached hydrogen (secondary N) is 2. The number of carbonyl (C=O) groups excluding carboxylic acids is 1. The van der Waals surface area contributed by atoms with Crippen molar-refractivity contribution >= 4 is 5.91 Å². The number of fused-ring (bicyclic) bond motifs is 1. The summed E-state index contributed by atoms with van der Waals surface area (Å²) in [6.45, 7) is 2.69. The van der Waals surface area contributed by atoms with Gasteiger partial charge in [-0.25, -0.2) is 0 Å². The van der Waals surface area contributed by atoms with E-state index in [1.165, 1.54) is 32.1 Å². The zero-order valence-electron chi connectivity index (χ0n) is 11.7. The number of rotatable bonds is 4. The summed E-state index contributed by atoms with van der Waals surface area (Å²) in [5, 5.41) is 6.51. The Morgan fingerprint density at radius 2 is 2.16 bits per heavy atom. The Labute approximate surface area is 115 Å². The van der Waals surface area contributed by atoms with Crippen LogP contribution in [0.5, 0.6) is 0 Å². The molecule has 3 rings (SSSR count). The van der Waals surface area contributed by atoms with E-state index in [2.05, 4.69) is 10.6 Å². The SMILES string of the molecule is O=C(NCCC1CCCCO1)C1NCC2CCCC21. The molecular weight excluding hydrogens is 240 g/mol. The van der Waals surface area contributed by atoms with Gasteiger partial charge in [-0.1, -0.05) is 6.42 Å². The highest BCUT2D eigenvalue weighted by atomic mass is 16.5. The molecule has 0 radical (unpaired) electrons. The van der Waals surface area contributed by atoms with E-state index >= 15 is 0 Å². The lowest BCUT2D eigenvalue weighted by molar-refractivity contribution is -0.123. The Morgan fingerprint density at radius 1 is 1.21 bits per heavy atom. The summed E-state index contributed by atoms with van der Waals surface area (Å²) in [6.07, 6.45) is 8.78. The van der Waals surface area contributed by atoms with E-state index in [0.29, 0.717) is 12.0 Å². The minimum absolute atomic E-state index is 0.0692. The van der Waals surface area contributed by atoms with E-state index in [0.717, 1.165) is 38.5 Å². The second-order valence-corrected chi connectivity index (χ2v) is 6.31. The van der Waals surface area contributed by atoms with Crippen LogP contribution < -0.4 is 10.6 Å². The van der Waals surface area contributed by atoms with Gasteiger partial charge in [0.05, 0.1) is 12.1 Å². The first-order valence-corrected chi connectivity index (χ1v) is 7.97. The molecule has 1 saturated carbocycles. The van der Waals surface area contributed by atoms with Crippen LogP contribution in [0.15, 0.2) is 0 Å². The quantitative estimate of drug-likeness (QED) is 0.810. The van der Waals surface area contributed by atoms with Gasteiger partial charge < -0.3 is 15.4 Å². The smallest absolute Gasteiger partial charge is 0.237 e. The Hall–Kier alpha value is -0.610. The second-order valence-electron chi connectivity index (χ2n) is 6.31. The predicted molar refractivity (Wildman–Crippen MR) is 73.8 cm³/mol. The van der Waals surface area contributed by atoms with Crippen molar-refractivity contribution in [2.75, 3.05) is 19.7 Å². The van der Waals surface area contributed by atoms with Crippen LogP contribution in [0.4, 0.5) is 0 Å². The van der Waals surface area contributed by atoms with E-state index in [1.54, 1.807) is 0 Å². The Morgan fingerprint density at radius 3 is 3.00 bits per heavy atom. The summed E-state index contributed by atoms with van der Waals surface area (Å²) in [5.74, 6) is 1.55. The van der Waals surface area contributed by atoms with Gasteiger partial charge in [0, 0.05) is 13.2 Å². The van der Waals surface area contributed by atoms with Gasteiger partial charge in [0.15, 0.2) is 0 Å². The van der Waals surface area contributed by atoms with Gasteiger partial charge in [-0.05, 0) is 56.9 Å². The molecule has 108 valence electrons. The standard InChI is InChI=1S/C15H26N2O2/c18-15(14-13-6-3-4-11(13)10-17-14)16-8-7-12-5-1-2-9-19-12/h11-14,17H,1-10H2,(H,16,18). The minimum atomic E-state index is 0.0692. The highest BCUT2D eigenvalue weighted by Gasteiger charge is 2.42. The fourth-order valence-electron chi connectivity index (χ4n) is 3.98. The molecule has 4 atom stereocenters. The molecule has 19 heavy (non-hydrogen) atoms. The molecule has 3 aliphatic rings. The summed E-state index contributed by atoms with van der Waals surface area (Å²) < 4.78 is 5.69. The predicted octanol–water partition coefficient (Wildman–Crippen LogP) is 1.45. The average Bonchev–Trinajstić information content (AvgIpc) is 3.02. The van der Waals surface area contributed by atoms with Gasteiger partial charge in [0.1, 0.15) is 0 Å². The Kier molecular flexibility index (Phi) is 4.38. The molecule has 2 aliphatic heterocycles. The highest BCUT2D eigenvalue weighted by Crippen LogP contribution is 2.37. The molecule has 4 heteroatoms. The molecule has 0 aromatic heterocycles. The lowest BCUT2D eigenvalue weighted by atomic mass is 9.93. The number of hydrogen-bond donors (Lipinski definition) is 2. The van der Waals surface area contributed by atoms with E-state index in [4.69, 9.17) is 4.74 Å². The van der Waals surface area contributed by atoms with Gasteiger partial charge in [-0.15, -0.1) is 0 Å². The molecule has 1 aliphatic carbocycles. The molecule has 0 bridgehead atoms. The number of amides is 1. The summed E-state index contributed by atoms with van der Waals surface area (Å²) in [5.41, 5.74) is 0. The summed E-state index contributed by atoms with van der Waals surface area (Å²) in [7, 11) is 0. The molecule has 0 aromatic carbocycles. The van der Waals surface area contributed by atoms with Crippen molar-refractivity contribution in [1.82, 2.24) is 10.6 Å². The van der Waals surface area contributed by atoms with Gasteiger partial charge in [0.25, 0.3) is 0 Å². The van der Waals surface area contributed by atoms with E-state index in [9.17, 15) is 4.79 Å². The van der Waals surface area contributed by atoms with Crippen molar-refractivity contribution in [1.29, 1.82) is 0 Å². The third-order valence-electron chi connectivity index (χ3n) is 5.07. The topological polar surface area (TPSA) is 50.4 Å². The van der Waals surface area contributed by atoms with Crippen LogP contribution in [0.1, 0.15) is 44.9 Å². The molecule has 1 amide bonds. The molecule has 2 N–H and O–H groups in total. The number of carbonyl (C=O) groups is 1. The molecule has 2 saturated heterocycles. The van der Waals surface area contributed by atoms with Crippen LogP contribution in [0, 0.1) is 11.8 Å². The minimum Gasteiger partial charge on any atom is -0.378 e. The van der Waals surface area contributed by atoms with E-state index in [1.807, 2.05) is 0 Å². The maximum absolute atomic E-state index is 12.2. The lowest BCUT2D eigenvalue weighted by Gasteiger charge is -2.23. The van der Waals surface area contributed by atoms with Gasteiger partial charge in [-0.2, -0.15) is 0 Å². The zero-order chi connectivity index (χ0) is 13.1. The normalized spacial score (nSPS) is 38.1. The molecule has 4 unspecified atom stereocenters. The van der Waals surface area contributed by atoms with E-state index in [-0.39, 0.29) is 11.9 Å². The average molecular weight is 266 g/mol. The fourth-order valence-corrected chi connectivity index (χ4v) is 3.98. The van der Waals surface area contributed by atoms with Gasteiger partial charge in [0.2, 0.25) is 5.91 Å². The van der Waals surface area contributed by atoms with Crippen LogP contribution in [0.2, 0.25) is 0 Å². The van der Waals surface area contributed by atoms with Crippen LogP contribution in [-0.4, -0.2) is 37.7 Å². The van der Waals surface area contributed by atoms with Crippen molar-refractivity contribution in [3.63, 3.8) is 0 Å². The first kappa shape index (κ1) is 13.4. The highest BCUT2D eigenvalue weighted by molar-refractivity contribution is 5.82. The van der Waals surface area contributed by atoms with Crippen LogP contribution in [-0.2, 0) is 9.53 Å². The number of hydrogen-bond acceptors (Lipinski definition) is 3. The fraction of sp³-hybridized carbons (Fsp3) is 0.933. The number of ether oxygens (including phenoxy) is 1. The van der Waals surface area contributed by atoms with Gasteiger partial charge >= 0.3 is 0 Å². The Bertz CT molecular complexity index is 315. The maximum Gasteiger partial charge on any atom is 0.237 e. The van der Waals surface area contributed by atoms with Crippen molar-refractivity contribution in [3.05, 3.63) is 0 Å². The third-order valence-corrected chi connectivity index (χ3v) is 5.07. The molecule has 0 spiro atoms. The summed E-state index contributed by atoms with van der Waals surface area (Å²) >= 11 is 0. The molecule has 4 nitrogen and oxygen atoms in total. The zero-order valence-corrected chi connectivity index (χ0v) is 11.7. The molecule has 0 aromatic rings. The molecule has 2 heterocycles. The third kappa shape index (κ3) is 3.11. The molecular formula is C15H26N2O2. The van der Waals surface area contributed by atoms with Crippen molar-refractivity contribution in [2.24, 2.45) is 11.8 Å². The largest absolute Gasteiger partial charge is 0.378 e. The molecule has 3 fully saturated rings. The van der Waals surface area contributed by atoms with Gasteiger partial charge in [-0.3, -0.25) is 4.79 Å². The first-order valence-electron chi connectivity index (χ1n) is 7.97. The van der Waals surface area contributed by atoms with Crippen LogP contribution in [0.3, 0.4) is 0 Å². The van der Waals surface area contributed by atoms with Crippen LogP contribution in [0.25, 0.3) is 0 Å². The summed E-state index contributed by atoms with van der Waals surface area (Å²) in [6, 6.07) is 0.0692. The van der Waals surface area contributed by atoms with Crippen molar-refractivity contribution in [3.8, 4) is 0 Å². The Balaban J connectivity index is 1.39. The van der Waals surface area contributed by atoms with Crippen molar-refractivity contribution < 1.29 is 9.53 Å². The van der Waals surface area contributed by atoms with Crippen LogP contribution >= 0.6 is 0 Å². The second kappa shape index (κ2) is 6.23. The summed E-state index contributed by atoms with van der Waals surface area (Å²) in [4.78, 5) is 12.2. The lowest BCUT2D eigenvalue weighted by Crippen LogP contribution is -2.44. The first-order chi connectivity index (χ1) is 9.34. The maximum atomic E-state index is 12.2. The van der Waals surface area contributed by atoms with E-state index < -0.39 is 0 Å². The van der Waals surface area contributed by atoms with Crippen molar-refractivity contribution in [2.45, 2.75) is 57.1 Å². The monoisotopic (exact) mass is 266 g/mol.